The highest BCUT2D eigenvalue weighted by molar-refractivity contribution is 5.72. The minimum atomic E-state index is -0.106. The molecule has 0 aliphatic rings. The van der Waals surface area contributed by atoms with E-state index in [-0.39, 0.29) is 5.91 Å². The molecular formula is C3H6NO. The van der Waals surface area contributed by atoms with Crippen LogP contribution in [0, 0.1) is 7.05 Å². The number of carbonyl (C=O) groups is 1. The lowest BCUT2D eigenvalue weighted by Crippen LogP contribution is -2.08. The van der Waals surface area contributed by atoms with Gasteiger partial charge in [-0.1, -0.05) is 0 Å². The predicted octanol–water partition coefficient (Wildman–Crippen LogP) is -0.0859. The average molecular weight is 72.1 g/mol. The summed E-state index contributed by atoms with van der Waals surface area (Å²) in [4.78, 5) is 9.64. The number of hydrogen-bond donors (Lipinski definition) is 1. The van der Waals surface area contributed by atoms with Gasteiger partial charge in [0.25, 0.3) is 0 Å². The van der Waals surface area contributed by atoms with E-state index >= 15 is 0 Å². The van der Waals surface area contributed by atoms with Gasteiger partial charge in [0, 0.05) is 14.0 Å². The molecule has 0 spiro atoms. The third-order valence-corrected chi connectivity index (χ3v) is 0.249. The molecule has 0 unspecified atom stereocenters. The molecule has 2 nitrogen and oxygen atoms in total. The first kappa shape index (κ1) is 4.47. The molecule has 0 atom stereocenters. The van der Waals surface area contributed by atoms with Gasteiger partial charge in [-0.3, -0.25) is 4.79 Å². The number of rotatable bonds is 0. The molecule has 0 aromatic rings. The highest BCUT2D eigenvalue weighted by Gasteiger charge is 1.73. The fourth-order valence-electron chi connectivity index (χ4n) is 0. The lowest BCUT2D eigenvalue weighted by atomic mass is 10.7. The van der Waals surface area contributed by atoms with E-state index in [1.165, 1.54) is 6.92 Å². The first-order chi connectivity index (χ1) is 2.27. The first-order valence-corrected chi connectivity index (χ1v) is 1.31. The summed E-state index contributed by atoms with van der Waals surface area (Å²) in [5, 5.41) is 2.14. The summed E-state index contributed by atoms with van der Waals surface area (Å²) >= 11 is 0. The Morgan fingerprint density at radius 1 is 2.00 bits per heavy atom. The zero-order valence-corrected chi connectivity index (χ0v) is 3.12. The van der Waals surface area contributed by atoms with Crippen molar-refractivity contribution >= 4 is 5.91 Å². The predicted molar refractivity (Wildman–Crippen MR) is 19.2 cm³/mol. The molecule has 1 amide bonds. The van der Waals surface area contributed by atoms with Crippen molar-refractivity contribution in [2.45, 2.75) is 6.92 Å². The van der Waals surface area contributed by atoms with Crippen molar-refractivity contribution in [3.05, 3.63) is 7.05 Å². The lowest BCUT2D eigenvalue weighted by Gasteiger charge is -1.79. The monoisotopic (exact) mass is 72.0 g/mol. The third-order valence-electron chi connectivity index (χ3n) is 0.249. The van der Waals surface area contributed by atoms with Gasteiger partial charge in [-0.05, 0) is 0 Å². The van der Waals surface area contributed by atoms with Crippen LogP contribution in [0.5, 0.6) is 0 Å². The second-order valence-corrected chi connectivity index (χ2v) is 0.733. The van der Waals surface area contributed by atoms with Gasteiger partial charge in [0.15, 0.2) is 0 Å². The molecule has 29 valence electrons. The van der Waals surface area contributed by atoms with Crippen molar-refractivity contribution in [2.75, 3.05) is 0 Å². The second-order valence-electron chi connectivity index (χ2n) is 0.733. The van der Waals surface area contributed by atoms with Crippen LogP contribution in [-0.4, -0.2) is 5.91 Å². The molecule has 1 N–H and O–H groups in total. The smallest absolute Gasteiger partial charge is 0.216 e. The number of amides is 1. The van der Waals surface area contributed by atoms with Gasteiger partial charge in [-0.25, -0.2) is 0 Å². The highest BCUT2D eigenvalue weighted by Crippen LogP contribution is 1.47. The van der Waals surface area contributed by atoms with Gasteiger partial charge in [0.1, 0.15) is 0 Å². The highest BCUT2D eigenvalue weighted by atomic mass is 16.1. The zero-order chi connectivity index (χ0) is 4.28. The minimum Gasteiger partial charge on any atom is -0.355 e. The summed E-state index contributed by atoms with van der Waals surface area (Å²) in [6.45, 7) is 1.41. The molecular weight excluding hydrogens is 66.0 g/mol. The van der Waals surface area contributed by atoms with E-state index in [9.17, 15) is 4.79 Å². The molecule has 0 aromatic carbocycles. The fraction of sp³-hybridized carbons (Fsp3) is 0.333. The quantitative estimate of drug-likeness (QED) is 0.426. The molecule has 2 heteroatoms. The van der Waals surface area contributed by atoms with E-state index in [4.69, 9.17) is 0 Å². The second kappa shape index (κ2) is 1.76. The molecule has 0 saturated carbocycles. The molecule has 0 fully saturated rings. The average Bonchev–Trinajstić information content (AvgIpc) is 1.38. The van der Waals surface area contributed by atoms with E-state index in [1.54, 1.807) is 0 Å². The molecule has 0 aliphatic carbocycles. The maximum atomic E-state index is 9.64. The molecule has 0 aromatic heterocycles. The van der Waals surface area contributed by atoms with Crippen LogP contribution < -0.4 is 5.32 Å². The molecule has 0 saturated heterocycles. The summed E-state index contributed by atoms with van der Waals surface area (Å²) in [5.74, 6) is -0.106. The van der Waals surface area contributed by atoms with Crippen LogP contribution in [0.2, 0.25) is 0 Å². The van der Waals surface area contributed by atoms with E-state index in [2.05, 4.69) is 12.4 Å². The Morgan fingerprint density at radius 2 is 2.20 bits per heavy atom. The minimum absolute atomic E-state index is 0.106. The van der Waals surface area contributed by atoms with Crippen molar-refractivity contribution < 1.29 is 4.79 Å². The van der Waals surface area contributed by atoms with Gasteiger partial charge >= 0.3 is 0 Å². The Morgan fingerprint density at radius 3 is 2.20 bits per heavy atom. The Kier molecular flexibility index (Phi) is 1.57. The fourth-order valence-corrected chi connectivity index (χ4v) is 0. The van der Waals surface area contributed by atoms with Crippen molar-refractivity contribution in [3.8, 4) is 0 Å². The van der Waals surface area contributed by atoms with Crippen molar-refractivity contribution in [1.82, 2.24) is 5.32 Å². The SMILES string of the molecule is [CH2]NC(C)=O. The van der Waals surface area contributed by atoms with Crippen LogP contribution >= 0.6 is 0 Å². The van der Waals surface area contributed by atoms with Gasteiger partial charge in [-0.15, -0.1) is 0 Å². The molecule has 0 aliphatic heterocycles. The standard InChI is InChI=1S/C3H6NO/c1-3(5)4-2/h2H2,1H3,(H,4,5). The van der Waals surface area contributed by atoms with E-state index in [0.717, 1.165) is 0 Å². The van der Waals surface area contributed by atoms with Crippen molar-refractivity contribution in [2.24, 2.45) is 0 Å². The Balaban J connectivity index is 2.85. The van der Waals surface area contributed by atoms with Crippen molar-refractivity contribution in [1.29, 1.82) is 0 Å². The van der Waals surface area contributed by atoms with Crippen LogP contribution in [0.4, 0.5) is 0 Å². The number of carbonyl (C=O) groups excluding carboxylic acids is 1. The topological polar surface area (TPSA) is 29.1 Å². The van der Waals surface area contributed by atoms with Crippen LogP contribution in [0.1, 0.15) is 6.92 Å². The number of hydrogen-bond acceptors (Lipinski definition) is 1. The van der Waals surface area contributed by atoms with Crippen LogP contribution in [0.15, 0.2) is 0 Å². The van der Waals surface area contributed by atoms with Gasteiger partial charge in [0.2, 0.25) is 5.91 Å². The summed E-state index contributed by atoms with van der Waals surface area (Å²) in [6, 6.07) is 0. The van der Waals surface area contributed by atoms with Crippen LogP contribution in [0.3, 0.4) is 0 Å². The third kappa shape index (κ3) is 3.47. The van der Waals surface area contributed by atoms with E-state index in [1.807, 2.05) is 0 Å². The maximum absolute atomic E-state index is 9.64. The van der Waals surface area contributed by atoms with E-state index < -0.39 is 0 Å². The van der Waals surface area contributed by atoms with Crippen LogP contribution in [0.25, 0.3) is 0 Å². The molecule has 0 rings (SSSR count). The first-order valence-electron chi connectivity index (χ1n) is 1.31. The van der Waals surface area contributed by atoms with E-state index in [0.29, 0.717) is 0 Å². The lowest BCUT2D eigenvalue weighted by molar-refractivity contribution is -0.118. The largest absolute Gasteiger partial charge is 0.355 e. The summed E-state index contributed by atoms with van der Waals surface area (Å²) in [6.07, 6.45) is 0. The van der Waals surface area contributed by atoms with Crippen molar-refractivity contribution in [3.63, 3.8) is 0 Å². The zero-order valence-electron chi connectivity index (χ0n) is 3.12. The van der Waals surface area contributed by atoms with Gasteiger partial charge in [-0.2, -0.15) is 0 Å². The summed E-state index contributed by atoms with van der Waals surface area (Å²) in [5.41, 5.74) is 0. The molecule has 1 radical (unpaired) electrons. The Hall–Kier alpha value is -0.530. The van der Waals surface area contributed by atoms with Gasteiger partial charge < -0.3 is 5.32 Å². The summed E-state index contributed by atoms with van der Waals surface area (Å²) < 4.78 is 0. The maximum Gasteiger partial charge on any atom is 0.216 e. The van der Waals surface area contributed by atoms with Crippen LogP contribution in [-0.2, 0) is 4.79 Å². The summed E-state index contributed by atoms with van der Waals surface area (Å²) in [7, 11) is 3.09. The molecule has 5 heavy (non-hydrogen) atoms. The molecule has 0 bridgehead atoms. The Bertz CT molecular complexity index is 42.2. The molecule has 0 heterocycles. The van der Waals surface area contributed by atoms with Gasteiger partial charge in [0.05, 0.1) is 0 Å². The number of nitrogens with one attached hydrogen (secondary N) is 1. The normalized spacial score (nSPS) is 6.80. The Labute approximate surface area is 31.2 Å².